The zero-order chi connectivity index (χ0) is 13.8. The van der Waals surface area contributed by atoms with Gasteiger partial charge in [-0.3, -0.25) is 4.79 Å². The first-order chi connectivity index (χ1) is 9.11. The number of hydrogen-bond acceptors (Lipinski definition) is 4. The molecule has 0 radical (unpaired) electrons. The number of hydrogen-bond donors (Lipinski definition) is 3. The van der Waals surface area contributed by atoms with E-state index in [1.54, 1.807) is 6.07 Å². The minimum absolute atomic E-state index is 0.121. The monoisotopic (exact) mass is 262 g/mol. The van der Waals surface area contributed by atoms with Crippen LogP contribution < -0.4 is 11.5 Å². The fourth-order valence-corrected chi connectivity index (χ4v) is 2.14. The Labute approximate surface area is 111 Å². The molecule has 1 aromatic carbocycles. The van der Waals surface area contributed by atoms with Gasteiger partial charge < -0.3 is 21.1 Å². The van der Waals surface area contributed by atoms with Crippen molar-refractivity contribution in [3.05, 3.63) is 24.0 Å². The number of aliphatic hydroxyl groups is 1. The van der Waals surface area contributed by atoms with Gasteiger partial charge in [0.2, 0.25) is 5.91 Å². The Bertz CT molecular complexity index is 592. The maximum Gasteiger partial charge on any atom is 0.217 e. The fourth-order valence-electron chi connectivity index (χ4n) is 2.14. The third kappa shape index (κ3) is 3.03. The van der Waals surface area contributed by atoms with Gasteiger partial charge >= 0.3 is 0 Å². The van der Waals surface area contributed by atoms with E-state index >= 15 is 0 Å². The molecule has 0 spiro atoms. The van der Waals surface area contributed by atoms with E-state index in [1.807, 2.05) is 16.7 Å². The van der Waals surface area contributed by atoms with Crippen LogP contribution in [-0.4, -0.2) is 20.6 Å². The molecule has 1 heterocycles. The van der Waals surface area contributed by atoms with Crippen LogP contribution in [-0.2, 0) is 17.9 Å². The molecule has 19 heavy (non-hydrogen) atoms. The minimum Gasteiger partial charge on any atom is -0.399 e. The van der Waals surface area contributed by atoms with Gasteiger partial charge in [0.15, 0.2) is 0 Å². The Kier molecular flexibility index (Phi) is 4.01. The van der Waals surface area contributed by atoms with Crippen LogP contribution >= 0.6 is 0 Å². The van der Waals surface area contributed by atoms with E-state index in [-0.39, 0.29) is 12.5 Å². The van der Waals surface area contributed by atoms with Gasteiger partial charge in [0.05, 0.1) is 11.0 Å². The number of carbonyl (C=O) groups excluding carboxylic acids is 1. The Morgan fingerprint density at radius 1 is 1.37 bits per heavy atom. The van der Waals surface area contributed by atoms with Crippen LogP contribution in [0.25, 0.3) is 11.0 Å². The lowest BCUT2D eigenvalue weighted by molar-refractivity contribution is -0.118. The van der Waals surface area contributed by atoms with Gasteiger partial charge in [-0.2, -0.15) is 0 Å². The summed E-state index contributed by atoms with van der Waals surface area (Å²) in [7, 11) is 0. The maximum absolute atomic E-state index is 10.7. The van der Waals surface area contributed by atoms with E-state index in [0.29, 0.717) is 24.5 Å². The number of aromatic nitrogens is 2. The van der Waals surface area contributed by atoms with Crippen LogP contribution in [0, 0.1) is 0 Å². The third-order valence-corrected chi connectivity index (χ3v) is 3.05. The summed E-state index contributed by atoms with van der Waals surface area (Å²) in [6.07, 6.45) is 1.93. The second-order valence-corrected chi connectivity index (χ2v) is 4.51. The van der Waals surface area contributed by atoms with Crippen LogP contribution in [0.4, 0.5) is 5.69 Å². The first kappa shape index (κ1) is 13.4. The number of rotatable bonds is 6. The van der Waals surface area contributed by atoms with Crippen LogP contribution in [0.1, 0.15) is 25.1 Å². The number of anilines is 1. The molecule has 0 fully saturated rings. The van der Waals surface area contributed by atoms with Crippen molar-refractivity contribution in [1.29, 1.82) is 0 Å². The maximum atomic E-state index is 10.7. The topological polar surface area (TPSA) is 107 Å². The molecule has 1 amide bonds. The van der Waals surface area contributed by atoms with Crippen molar-refractivity contribution in [2.24, 2.45) is 5.73 Å². The molecule has 6 heteroatoms. The highest BCUT2D eigenvalue weighted by Crippen LogP contribution is 2.20. The zero-order valence-corrected chi connectivity index (χ0v) is 10.7. The van der Waals surface area contributed by atoms with Crippen molar-refractivity contribution in [3.8, 4) is 0 Å². The van der Waals surface area contributed by atoms with E-state index in [9.17, 15) is 9.90 Å². The summed E-state index contributed by atoms with van der Waals surface area (Å²) in [6, 6.07) is 5.49. The molecule has 0 bridgehead atoms. The molecule has 0 atom stereocenters. The standard InChI is InChI=1S/C13H18N4O2/c14-9-4-5-11-10(7-9)16-13(8-18)17(11)6-2-1-3-12(15)19/h4-5,7,18H,1-3,6,8,14H2,(H2,15,19). The quantitative estimate of drug-likeness (QED) is 0.527. The average Bonchev–Trinajstić information content (AvgIpc) is 2.71. The van der Waals surface area contributed by atoms with Gasteiger partial charge in [0.1, 0.15) is 12.4 Å². The van der Waals surface area contributed by atoms with Crippen molar-refractivity contribution >= 4 is 22.6 Å². The van der Waals surface area contributed by atoms with Crippen LogP contribution in [0.15, 0.2) is 18.2 Å². The van der Waals surface area contributed by atoms with Crippen molar-refractivity contribution in [2.75, 3.05) is 5.73 Å². The zero-order valence-electron chi connectivity index (χ0n) is 10.7. The molecule has 0 saturated heterocycles. The van der Waals surface area contributed by atoms with E-state index in [2.05, 4.69) is 4.98 Å². The second-order valence-electron chi connectivity index (χ2n) is 4.51. The highest BCUT2D eigenvalue weighted by Gasteiger charge is 2.09. The Morgan fingerprint density at radius 2 is 2.16 bits per heavy atom. The molecule has 2 rings (SSSR count). The lowest BCUT2D eigenvalue weighted by Crippen LogP contribution is -2.10. The number of primary amides is 1. The highest BCUT2D eigenvalue weighted by molar-refractivity contribution is 5.79. The predicted molar refractivity (Wildman–Crippen MR) is 73.1 cm³/mol. The number of imidazole rings is 1. The number of aryl methyl sites for hydroxylation is 1. The van der Waals surface area contributed by atoms with Gasteiger partial charge in [-0.05, 0) is 31.0 Å². The number of carbonyl (C=O) groups is 1. The predicted octanol–water partition coefficient (Wildman–Crippen LogP) is 0.766. The molecular weight excluding hydrogens is 244 g/mol. The van der Waals surface area contributed by atoms with E-state index in [4.69, 9.17) is 11.5 Å². The number of fused-ring (bicyclic) bond motifs is 1. The fraction of sp³-hybridized carbons (Fsp3) is 0.385. The Morgan fingerprint density at radius 3 is 2.84 bits per heavy atom. The molecule has 6 nitrogen and oxygen atoms in total. The molecule has 102 valence electrons. The Balaban J connectivity index is 2.18. The molecule has 2 aromatic rings. The molecule has 0 aliphatic carbocycles. The minimum atomic E-state index is -0.286. The molecule has 0 aliphatic rings. The summed E-state index contributed by atoms with van der Waals surface area (Å²) in [4.78, 5) is 15.0. The summed E-state index contributed by atoms with van der Waals surface area (Å²) < 4.78 is 1.95. The summed E-state index contributed by atoms with van der Waals surface area (Å²) in [5.41, 5.74) is 13.2. The normalized spacial score (nSPS) is 11.0. The first-order valence-electron chi connectivity index (χ1n) is 6.25. The number of unbranched alkanes of at least 4 members (excludes halogenated alkanes) is 1. The number of aliphatic hydroxyl groups excluding tert-OH is 1. The van der Waals surface area contributed by atoms with Gasteiger partial charge in [-0.25, -0.2) is 4.98 Å². The SMILES string of the molecule is NC(=O)CCCCn1c(CO)nc2cc(N)ccc21. The van der Waals surface area contributed by atoms with Crippen molar-refractivity contribution in [3.63, 3.8) is 0 Å². The average molecular weight is 262 g/mol. The third-order valence-electron chi connectivity index (χ3n) is 3.05. The Hall–Kier alpha value is -2.08. The number of nitrogens with two attached hydrogens (primary N) is 2. The summed E-state index contributed by atoms with van der Waals surface area (Å²) in [5.74, 6) is 0.324. The van der Waals surface area contributed by atoms with E-state index in [1.165, 1.54) is 0 Å². The van der Waals surface area contributed by atoms with E-state index < -0.39 is 0 Å². The number of nitrogens with zero attached hydrogens (tertiary/aromatic N) is 2. The molecule has 0 saturated carbocycles. The first-order valence-corrected chi connectivity index (χ1v) is 6.25. The van der Waals surface area contributed by atoms with Gasteiger partial charge in [0.25, 0.3) is 0 Å². The van der Waals surface area contributed by atoms with Gasteiger partial charge in [-0.15, -0.1) is 0 Å². The van der Waals surface area contributed by atoms with Gasteiger partial charge in [0, 0.05) is 18.7 Å². The molecule has 0 unspecified atom stereocenters. The second kappa shape index (κ2) is 5.71. The van der Waals surface area contributed by atoms with Gasteiger partial charge in [-0.1, -0.05) is 0 Å². The van der Waals surface area contributed by atoms with E-state index in [0.717, 1.165) is 23.9 Å². The summed E-state index contributed by atoms with van der Waals surface area (Å²) >= 11 is 0. The van der Waals surface area contributed by atoms with Crippen molar-refractivity contribution < 1.29 is 9.90 Å². The lowest BCUT2D eigenvalue weighted by Gasteiger charge is -2.07. The highest BCUT2D eigenvalue weighted by atomic mass is 16.3. The lowest BCUT2D eigenvalue weighted by atomic mass is 10.2. The van der Waals surface area contributed by atoms with Crippen LogP contribution in [0.2, 0.25) is 0 Å². The molecule has 1 aromatic heterocycles. The number of nitrogen functional groups attached to an aromatic ring is 1. The molecule has 0 aliphatic heterocycles. The summed E-state index contributed by atoms with van der Waals surface area (Å²) in [5, 5.41) is 9.34. The molecular formula is C13H18N4O2. The smallest absolute Gasteiger partial charge is 0.217 e. The number of benzene rings is 1. The van der Waals surface area contributed by atoms with Crippen LogP contribution in [0.3, 0.4) is 0 Å². The van der Waals surface area contributed by atoms with Crippen molar-refractivity contribution in [1.82, 2.24) is 9.55 Å². The van der Waals surface area contributed by atoms with Crippen molar-refractivity contribution in [2.45, 2.75) is 32.4 Å². The molecule has 5 N–H and O–H groups in total. The van der Waals surface area contributed by atoms with Crippen LogP contribution in [0.5, 0.6) is 0 Å². The number of amides is 1. The largest absolute Gasteiger partial charge is 0.399 e. The summed E-state index contributed by atoms with van der Waals surface area (Å²) in [6.45, 7) is 0.577.